The first-order chi connectivity index (χ1) is 10.4. The van der Waals surface area contributed by atoms with Crippen molar-refractivity contribution in [3.8, 4) is 0 Å². The molecular formula is C20H37N. The van der Waals surface area contributed by atoms with Gasteiger partial charge in [-0.25, -0.2) is 0 Å². The Labute approximate surface area is 133 Å². The molecule has 1 heteroatoms. The van der Waals surface area contributed by atoms with Crippen LogP contribution >= 0.6 is 0 Å². The van der Waals surface area contributed by atoms with Crippen LogP contribution < -0.4 is 0 Å². The summed E-state index contributed by atoms with van der Waals surface area (Å²) >= 11 is 0. The van der Waals surface area contributed by atoms with Crippen molar-refractivity contribution in [1.29, 1.82) is 0 Å². The predicted octanol–water partition coefficient (Wildman–Crippen LogP) is 6.15. The fraction of sp³-hybridized carbons (Fsp3) is 0.900. The van der Waals surface area contributed by atoms with E-state index in [1.54, 1.807) is 0 Å². The van der Waals surface area contributed by atoms with E-state index in [1.807, 2.05) is 0 Å². The van der Waals surface area contributed by atoms with E-state index in [0.717, 1.165) is 11.8 Å². The Balaban J connectivity index is 1.54. The zero-order valence-electron chi connectivity index (χ0n) is 14.4. The summed E-state index contributed by atoms with van der Waals surface area (Å²) in [6.45, 7) is 4.89. The minimum absolute atomic E-state index is 0.878. The van der Waals surface area contributed by atoms with Gasteiger partial charge in [-0.1, -0.05) is 51.5 Å². The molecule has 1 saturated carbocycles. The number of rotatable bonds is 8. The third-order valence-corrected chi connectivity index (χ3v) is 5.57. The van der Waals surface area contributed by atoms with Crippen molar-refractivity contribution in [2.75, 3.05) is 13.1 Å². The lowest BCUT2D eigenvalue weighted by molar-refractivity contribution is 0.279. The highest BCUT2D eigenvalue weighted by atomic mass is 15.1. The zero-order chi connectivity index (χ0) is 14.8. The van der Waals surface area contributed by atoms with E-state index in [1.165, 1.54) is 96.6 Å². The Morgan fingerprint density at radius 2 is 1.57 bits per heavy atom. The second-order valence-corrected chi connectivity index (χ2v) is 7.42. The van der Waals surface area contributed by atoms with Crippen LogP contribution in [0.3, 0.4) is 0 Å². The number of hydrogen-bond donors (Lipinski definition) is 0. The molecule has 0 radical (unpaired) electrons. The van der Waals surface area contributed by atoms with Gasteiger partial charge >= 0.3 is 0 Å². The molecule has 1 nitrogen and oxygen atoms in total. The Morgan fingerprint density at radius 3 is 2.29 bits per heavy atom. The maximum absolute atomic E-state index is 2.54. The lowest BCUT2D eigenvalue weighted by Crippen LogP contribution is -2.24. The first-order valence-electron chi connectivity index (χ1n) is 9.81. The van der Waals surface area contributed by atoms with Crippen LogP contribution in [0.2, 0.25) is 0 Å². The number of likely N-dealkylation sites (tertiary alicyclic amines) is 1. The second kappa shape index (κ2) is 10.3. The van der Waals surface area contributed by atoms with Crippen molar-refractivity contribution >= 4 is 0 Å². The molecule has 2 fully saturated rings. The highest BCUT2D eigenvalue weighted by Crippen LogP contribution is 2.32. The van der Waals surface area contributed by atoms with Crippen molar-refractivity contribution in [3.05, 3.63) is 12.3 Å². The number of nitrogens with zero attached hydrogens (tertiary/aromatic N) is 1. The van der Waals surface area contributed by atoms with Gasteiger partial charge in [-0.05, 0) is 63.0 Å². The molecule has 1 aliphatic heterocycles. The molecule has 0 aromatic rings. The second-order valence-electron chi connectivity index (χ2n) is 7.42. The van der Waals surface area contributed by atoms with Gasteiger partial charge in [0, 0.05) is 13.1 Å². The molecule has 1 aliphatic carbocycles. The van der Waals surface area contributed by atoms with Crippen LogP contribution in [-0.2, 0) is 0 Å². The Morgan fingerprint density at radius 1 is 0.857 bits per heavy atom. The highest BCUT2D eigenvalue weighted by Gasteiger charge is 2.19. The van der Waals surface area contributed by atoms with Crippen molar-refractivity contribution in [1.82, 2.24) is 4.90 Å². The van der Waals surface area contributed by atoms with E-state index in [0.29, 0.717) is 0 Å². The molecule has 0 atom stereocenters. The highest BCUT2D eigenvalue weighted by molar-refractivity contribution is 4.91. The lowest BCUT2D eigenvalue weighted by Gasteiger charge is -2.29. The van der Waals surface area contributed by atoms with E-state index >= 15 is 0 Å². The lowest BCUT2D eigenvalue weighted by atomic mass is 9.79. The molecule has 0 N–H and O–H groups in total. The van der Waals surface area contributed by atoms with Gasteiger partial charge in [-0.15, -0.1) is 0 Å². The summed E-state index contributed by atoms with van der Waals surface area (Å²) in [5, 5.41) is 0. The summed E-state index contributed by atoms with van der Waals surface area (Å²) in [5.41, 5.74) is 0. The molecule has 1 heterocycles. The minimum Gasteiger partial charge on any atom is -0.378 e. The van der Waals surface area contributed by atoms with Gasteiger partial charge in [0.2, 0.25) is 0 Å². The topological polar surface area (TPSA) is 3.24 Å². The normalized spacial score (nSPS) is 27.4. The zero-order valence-corrected chi connectivity index (χ0v) is 14.4. The van der Waals surface area contributed by atoms with Crippen molar-refractivity contribution in [2.45, 2.75) is 90.4 Å². The Hall–Kier alpha value is -0.460. The van der Waals surface area contributed by atoms with E-state index in [-0.39, 0.29) is 0 Å². The number of allylic oxidation sites excluding steroid dienone is 1. The van der Waals surface area contributed by atoms with E-state index in [2.05, 4.69) is 24.1 Å². The first kappa shape index (κ1) is 16.9. The van der Waals surface area contributed by atoms with Gasteiger partial charge in [-0.3, -0.25) is 0 Å². The van der Waals surface area contributed by atoms with Crippen LogP contribution in [0.5, 0.6) is 0 Å². The van der Waals surface area contributed by atoms with Crippen LogP contribution in [0.1, 0.15) is 90.4 Å². The average Bonchev–Trinajstić information content (AvgIpc) is 2.55. The molecule has 0 amide bonds. The van der Waals surface area contributed by atoms with Crippen LogP contribution in [0.25, 0.3) is 0 Å². The smallest absolute Gasteiger partial charge is 0.0172 e. The number of piperidine rings is 1. The molecule has 122 valence electrons. The van der Waals surface area contributed by atoms with Crippen molar-refractivity contribution in [2.24, 2.45) is 11.8 Å². The summed E-state index contributed by atoms with van der Waals surface area (Å²) in [6, 6.07) is 0. The largest absolute Gasteiger partial charge is 0.378 e. The van der Waals surface area contributed by atoms with Gasteiger partial charge in [-0.2, -0.15) is 0 Å². The molecule has 0 aromatic heterocycles. The van der Waals surface area contributed by atoms with E-state index in [9.17, 15) is 0 Å². The average molecular weight is 292 g/mol. The SMILES string of the molecule is CCCCCCC[C@H]1CC[C@H](C=CN2CCCCC2)CC1. The molecule has 0 spiro atoms. The van der Waals surface area contributed by atoms with Gasteiger partial charge in [0.05, 0.1) is 0 Å². The maximum atomic E-state index is 2.54. The summed E-state index contributed by atoms with van der Waals surface area (Å²) in [5.74, 6) is 1.93. The van der Waals surface area contributed by atoms with Crippen LogP contribution in [0.4, 0.5) is 0 Å². The maximum Gasteiger partial charge on any atom is 0.0172 e. The van der Waals surface area contributed by atoms with E-state index in [4.69, 9.17) is 0 Å². The number of unbranched alkanes of at least 4 members (excludes halogenated alkanes) is 4. The molecule has 21 heavy (non-hydrogen) atoms. The fourth-order valence-electron chi connectivity index (χ4n) is 4.02. The third kappa shape index (κ3) is 6.89. The predicted molar refractivity (Wildman–Crippen MR) is 93.4 cm³/mol. The summed E-state index contributed by atoms with van der Waals surface area (Å²) in [7, 11) is 0. The molecule has 1 saturated heterocycles. The van der Waals surface area contributed by atoms with Crippen LogP contribution in [-0.4, -0.2) is 18.0 Å². The number of hydrogen-bond acceptors (Lipinski definition) is 1. The quantitative estimate of drug-likeness (QED) is 0.485. The van der Waals surface area contributed by atoms with Gasteiger partial charge in [0.1, 0.15) is 0 Å². The van der Waals surface area contributed by atoms with Crippen molar-refractivity contribution in [3.63, 3.8) is 0 Å². The fourth-order valence-corrected chi connectivity index (χ4v) is 4.02. The summed E-state index contributed by atoms with van der Waals surface area (Å²) in [4.78, 5) is 2.54. The van der Waals surface area contributed by atoms with Crippen LogP contribution in [0, 0.1) is 11.8 Å². The van der Waals surface area contributed by atoms with Gasteiger partial charge in [0.25, 0.3) is 0 Å². The molecular weight excluding hydrogens is 254 g/mol. The molecule has 2 rings (SSSR count). The Kier molecular flexibility index (Phi) is 8.29. The van der Waals surface area contributed by atoms with Gasteiger partial charge < -0.3 is 4.90 Å². The molecule has 0 unspecified atom stereocenters. The third-order valence-electron chi connectivity index (χ3n) is 5.57. The van der Waals surface area contributed by atoms with Gasteiger partial charge in [0.15, 0.2) is 0 Å². The first-order valence-corrected chi connectivity index (χ1v) is 9.81. The molecule has 2 aliphatic rings. The Bertz CT molecular complexity index is 270. The van der Waals surface area contributed by atoms with Crippen molar-refractivity contribution < 1.29 is 0 Å². The monoisotopic (exact) mass is 291 g/mol. The molecule has 0 aromatic carbocycles. The summed E-state index contributed by atoms with van der Waals surface area (Å²) in [6.07, 6.45) is 23.8. The standard InChI is InChI=1S/C20H37N/c1-2-3-4-5-7-10-19-11-13-20(14-12-19)15-18-21-16-8-6-9-17-21/h15,18-20H,2-14,16-17H2,1H3/t19-,20-. The molecule has 0 bridgehead atoms. The van der Waals surface area contributed by atoms with Crippen LogP contribution in [0.15, 0.2) is 12.3 Å². The van der Waals surface area contributed by atoms with E-state index < -0.39 is 0 Å². The summed E-state index contributed by atoms with van der Waals surface area (Å²) < 4.78 is 0. The minimum atomic E-state index is 0.878.